The van der Waals surface area contributed by atoms with Gasteiger partial charge in [-0.05, 0) is 38.1 Å². The molecule has 0 bridgehead atoms. The van der Waals surface area contributed by atoms with Gasteiger partial charge in [0.15, 0.2) is 6.04 Å². The lowest BCUT2D eigenvalue weighted by Crippen LogP contribution is -2.91. The van der Waals surface area contributed by atoms with Gasteiger partial charge in [0.2, 0.25) is 10.0 Å². The summed E-state index contributed by atoms with van der Waals surface area (Å²) >= 11 is 6.22. The van der Waals surface area contributed by atoms with Crippen LogP contribution >= 0.6 is 11.6 Å². The number of quaternary nitrogens is 1. The first kappa shape index (κ1) is 21.4. The molecule has 0 unspecified atom stereocenters. The molecule has 3 N–H and O–H groups in total. The van der Waals surface area contributed by atoms with Crippen LogP contribution in [0, 0.1) is 0 Å². The summed E-state index contributed by atoms with van der Waals surface area (Å²) in [5.41, 5.74) is 1.39. The molecule has 0 saturated carbocycles. The van der Waals surface area contributed by atoms with Crippen LogP contribution < -0.4 is 10.6 Å². The number of nitrogens with one attached hydrogen (secondary N) is 1. The molecule has 2 aromatic carbocycles. The lowest BCUT2D eigenvalue weighted by molar-refractivity contribution is -0.709. The van der Waals surface area contributed by atoms with Gasteiger partial charge in [-0.1, -0.05) is 35.9 Å². The summed E-state index contributed by atoms with van der Waals surface area (Å²) in [5.74, 6) is -0.215. The summed E-state index contributed by atoms with van der Waals surface area (Å²) in [4.78, 5) is 12.7. The van der Waals surface area contributed by atoms with E-state index in [2.05, 4.69) is 5.32 Å². The van der Waals surface area contributed by atoms with Crippen molar-refractivity contribution in [1.29, 1.82) is 0 Å². The fourth-order valence-corrected chi connectivity index (χ4v) is 3.93. The number of anilines is 1. The van der Waals surface area contributed by atoms with Gasteiger partial charge in [-0.15, -0.1) is 0 Å². The zero-order valence-corrected chi connectivity index (χ0v) is 17.4. The fraction of sp³-hybridized carbons (Fsp3) is 0.316. The van der Waals surface area contributed by atoms with Crippen LogP contribution in [-0.2, 0) is 14.8 Å². The van der Waals surface area contributed by atoms with E-state index in [1.165, 1.54) is 26.2 Å². The number of carbonyl (C=O) groups is 1. The molecule has 6 nitrogen and oxygen atoms in total. The first-order chi connectivity index (χ1) is 12.6. The number of rotatable bonds is 7. The minimum Gasteiger partial charge on any atom is -0.330 e. The third kappa shape index (κ3) is 5.29. The van der Waals surface area contributed by atoms with Gasteiger partial charge >= 0.3 is 0 Å². The predicted octanol–water partition coefficient (Wildman–Crippen LogP) is 2.24. The molecule has 8 heteroatoms. The number of halogens is 1. The summed E-state index contributed by atoms with van der Waals surface area (Å²) < 4.78 is 25.6. The van der Waals surface area contributed by atoms with E-state index in [9.17, 15) is 13.2 Å². The molecule has 0 saturated heterocycles. The normalized spacial score (nSPS) is 14.0. The minimum atomic E-state index is -3.56. The summed E-state index contributed by atoms with van der Waals surface area (Å²) in [6.07, 6.45) is 0. The number of hydrogen-bond acceptors (Lipinski definition) is 3. The Kier molecular flexibility index (Phi) is 7.00. The Morgan fingerprint density at radius 1 is 1.11 bits per heavy atom. The standard InChI is InChI=1S/C19H24ClN3O3S/c1-13(17-10-5-6-11-18(17)20)21-14(2)19(24)22-15-8-7-9-16(12-15)27(25,26)23(3)4/h5-14,21H,1-4H3,(H,22,24)/p+1/t13-,14+/m0/s1. The SMILES string of the molecule is C[C@H]([NH2+][C@H](C)C(=O)Nc1cccc(S(=O)(=O)N(C)C)c1)c1ccccc1Cl. The quantitative estimate of drug-likeness (QED) is 0.734. The van der Waals surface area contributed by atoms with Gasteiger partial charge in [-0.3, -0.25) is 4.79 Å². The fourth-order valence-electron chi connectivity index (χ4n) is 2.67. The van der Waals surface area contributed by atoms with Crippen molar-refractivity contribution in [2.24, 2.45) is 0 Å². The van der Waals surface area contributed by atoms with Crippen molar-refractivity contribution in [2.45, 2.75) is 30.8 Å². The third-order valence-corrected chi connectivity index (χ3v) is 6.42. The van der Waals surface area contributed by atoms with E-state index in [0.717, 1.165) is 9.87 Å². The van der Waals surface area contributed by atoms with E-state index in [1.54, 1.807) is 19.1 Å². The molecular weight excluding hydrogens is 386 g/mol. The average Bonchev–Trinajstić information content (AvgIpc) is 2.62. The Morgan fingerprint density at radius 3 is 2.41 bits per heavy atom. The van der Waals surface area contributed by atoms with Crippen LogP contribution in [0.4, 0.5) is 5.69 Å². The molecule has 27 heavy (non-hydrogen) atoms. The van der Waals surface area contributed by atoms with Crippen molar-refractivity contribution in [1.82, 2.24) is 4.31 Å². The van der Waals surface area contributed by atoms with Gasteiger partial charge < -0.3 is 10.6 Å². The highest BCUT2D eigenvalue weighted by atomic mass is 35.5. The summed E-state index contributed by atoms with van der Waals surface area (Å²) in [6, 6.07) is 13.4. The number of carbonyl (C=O) groups excluding carboxylic acids is 1. The van der Waals surface area contributed by atoms with Gasteiger partial charge in [0.25, 0.3) is 5.91 Å². The first-order valence-electron chi connectivity index (χ1n) is 8.56. The molecule has 0 aliphatic carbocycles. The number of amides is 1. The van der Waals surface area contributed by atoms with Crippen LogP contribution in [0.3, 0.4) is 0 Å². The zero-order valence-electron chi connectivity index (χ0n) is 15.8. The maximum absolute atomic E-state index is 12.5. The van der Waals surface area contributed by atoms with Crippen LogP contribution in [0.25, 0.3) is 0 Å². The third-order valence-electron chi connectivity index (χ3n) is 4.27. The highest BCUT2D eigenvalue weighted by Gasteiger charge is 2.23. The van der Waals surface area contributed by atoms with Gasteiger partial charge in [0.1, 0.15) is 6.04 Å². The van der Waals surface area contributed by atoms with E-state index < -0.39 is 10.0 Å². The molecule has 2 aromatic rings. The van der Waals surface area contributed by atoms with Crippen molar-refractivity contribution in [3.63, 3.8) is 0 Å². The van der Waals surface area contributed by atoms with Gasteiger partial charge in [0, 0.05) is 30.4 Å². The molecule has 0 spiro atoms. The summed E-state index contributed by atoms with van der Waals surface area (Å²) in [5, 5.41) is 5.35. The topological polar surface area (TPSA) is 83.1 Å². The Balaban J connectivity index is 2.08. The smallest absolute Gasteiger partial charge is 0.282 e. The van der Waals surface area contributed by atoms with Crippen molar-refractivity contribution >= 4 is 33.2 Å². The van der Waals surface area contributed by atoms with Crippen LogP contribution in [0.15, 0.2) is 53.4 Å². The van der Waals surface area contributed by atoms with E-state index in [4.69, 9.17) is 11.6 Å². The highest BCUT2D eigenvalue weighted by Crippen LogP contribution is 2.20. The highest BCUT2D eigenvalue weighted by molar-refractivity contribution is 7.89. The predicted molar refractivity (Wildman–Crippen MR) is 107 cm³/mol. The van der Waals surface area contributed by atoms with Gasteiger partial charge in [0.05, 0.1) is 4.90 Å². The molecule has 0 heterocycles. The van der Waals surface area contributed by atoms with Crippen LogP contribution in [-0.4, -0.2) is 38.8 Å². The van der Waals surface area contributed by atoms with Crippen LogP contribution in [0.1, 0.15) is 25.5 Å². The average molecular weight is 411 g/mol. The van der Waals surface area contributed by atoms with E-state index in [0.29, 0.717) is 10.7 Å². The maximum Gasteiger partial charge on any atom is 0.282 e. The molecule has 2 atom stereocenters. The van der Waals surface area contributed by atoms with Crippen molar-refractivity contribution in [3.8, 4) is 0 Å². The summed E-state index contributed by atoms with van der Waals surface area (Å²) in [6.45, 7) is 3.78. The number of nitrogens with two attached hydrogens (primary N) is 1. The number of nitrogens with zero attached hydrogens (tertiary/aromatic N) is 1. The second-order valence-electron chi connectivity index (χ2n) is 6.60. The van der Waals surface area contributed by atoms with Crippen molar-refractivity contribution in [3.05, 3.63) is 59.1 Å². The Labute approximate surface area is 165 Å². The molecular formula is C19H25ClN3O3S+. The lowest BCUT2D eigenvalue weighted by atomic mass is 10.1. The molecule has 0 fully saturated rings. The molecule has 146 valence electrons. The zero-order chi connectivity index (χ0) is 20.2. The van der Waals surface area contributed by atoms with Crippen molar-refractivity contribution in [2.75, 3.05) is 19.4 Å². The molecule has 2 rings (SSSR count). The summed E-state index contributed by atoms with van der Waals surface area (Å²) in [7, 11) is -0.624. The minimum absolute atomic E-state index is 0.0000897. The monoisotopic (exact) mass is 410 g/mol. The number of sulfonamides is 1. The maximum atomic E-state index is 12.5. The molecule has 0 aliphatic heterocycles. The molecule has 0 aromatic heterocycles. The molecule has 0 radical (unpaired) electrons. The second-order valence-corrected chi connectivity index (χ2v) is 9.15. The van der Waals surface area contributed by atoms with Gasteiger partial charge in [-0.25, -0.2) is 12.7 Å². The second kappa shape index (κ2) is 8.84. The van der Waals surface area contributed by atoms with Gasteiger partial charge in [-0.2, -0.15) is 0 Å². The van der Waals surface area contributed by atoms with Crippen LogP contribution in [0.2, 0.25) is 5.02 Å². The van der Waals surface area contributed by atoms with E-state index in [-0.39, 0.29) is 22.9 Å². The van der Waals surface area contributed by atoms with E-state index in [1.807, 2.05) is 36.5 Å². The molecule has 1 amide bonds. The largest absolute Gasteiger partial charge is 0.330 e. The molecule has 0 aliphatic rings. The number of hydrogen-bond donors (Lipinski definition) is 2. The Hall–Kier alpha value is -1.93. The first-order valence-corrected chi connectivity index (χ1v) is 10.4. The Morgan fingerprint density at radius 2 is 1.78 bits per heavy atom. The number of benzene rings is 2. The Bertz CT molecular complexity index is 916. The van der Waals surface area contributed by atoms with Crippen molar-refractivity contribution < 1.29 is 18.5 Å². The lowest BCUT2D eigenvalue weighted by Gasteiger charge is -2.18. The van der Waals surface area contributed by atoms with E-state index >= 15 is 0 Å². The van der Waals surface area contributed by atoms with Crippen LogP contribution in [0.5, 0.6) is 0 Å².